The van der Waals surface area contributed by atoms with Crippen molar-refractivity contribution in [2.75, 3.05) is 7.11 Å². The van der Waals surface area contributed by atoms with Crippen LogP contribution >= 0.6 is 12.6 Å². The van der Waals surface area contributed by atoms with Gasteiger partial charge in [-0.2, -0.15) is 0 Å². The predicted octanol–water partition coefficient (Wildman–Crippen LogP) is 2.25. The lowest BCUT2D eigenvalue weighted by Gasteiger charge is -2.08. The molecule has 0 atom stereocenters. The second-order valence-electron chi connectivity index (χ2n) is 2.50. The van der Waals surface area contributed by atoms with Crippen molar-refractivity contribution in [1.82, 2.24) is 0 Å². The molecule has 12 heavy (non-hydrogen) atoms. The Morgan fingerprint density at radius 1 is 1.50 bits per heavy atom. The van der Waals surface area contributed by atoms with E-state index in [0.717, 1.165) is 12.0 Å². The molecular formula is C9H12O2S. The SMILES string of the molecule is CCc1c(O)cc(S)cc1OC. The summed E-state index contributed by atoms with van der Waals surface area (Å²) in [5, 5.41) is 9.47. The molecule has 0 saturated heterocycles. The van der Waals surface area contributed by atoms with E-state index < -0.39 is 0 Å². The first kappa shape index (κ1) is 9.26. The summed E-state index contributed by atoms with van der Waals surface area (Å²) in [7, 11) is 1.58. The predicted molar refractivity (Wildman–Crippen MR) is 51.3 cm³/mol. The smallest absolute Gasteiger partial charge is 0.126 e. The summed E-state index contributed by atoms with van der Waals surface area (Å²) < 4.78 is 5.09. The first-order valence-corrected chi connectivity index (χ1v) is 4.22. The van der Waals surface area contributed by atoms with Gasteiger partial charge in [0, 0.05) is 10.5 Å². The fourth-order valence-corrected chi connectivity index (χ4v) is 1.39. The summed E-state index contributed by atoms with van der Waals surface area (Å²) in [5.41, 5.74) is 0.829. The van der Waals surface area contributed by atoms with Crippen LogP contribution in [0.15, 0.2) is 17.0 Å². The van der Waals surface area contributed by atoms with Crippen LogP contribution in [0, 0.1) is 0 Å². The standard InChI is InChI=1S/C9H12O2S/c1-3-7-8(10)4-6(12)5-9(7)11-2/h4-5,10,12H,3H2,1-2H3. The van der Waals surface area contributed by atoms with E-state index in [9.17, 15) is 5.11 Å². The maximum absolute atomic E-state index is 9.47. The zero-order valence-corrected chi connectivity index (χ0v) is 8.06. The summed E-state index contributed by atoms with van der Waals surface area (Å²) in [6, 6.07) is 3.41. The van der Waals surface area contributed by atoms with Crippen LogP contribution in [0.1, 0.15) is 12.5 Å². The molecule has 0 amide bonds. The average molecular weight is 184 g/mol. The first-order chi connectivity index (χ1) is 5.69. The lowest BCUT2D eigenvalue weighted by molar-refractivity contribution is 0.398. The van der Waals surface area contributed by atoms with Crippen LogP contribution in [0.4, 0.5) is 0 Å². The summed E-state index contributed by atoms with van der Waals surface area (Å²) in [5.74, 6) is 0.948. The van der Waals surface area contributed by atoms with E-state index >= 15 is 0 Å². The summed E-state index contributed by atoms with van der Waals surface area (Å²) >= 11 is 4.12. The Hall–Kier alpha value is -0.830. The van der Waals surface area contributed by atoms with Gasteiger partial charge in [0.25, 0.3) is 0 Å². The van der Waals surface area contributed by atoms with Gasteiger partial charge in [0.1, 0.15) is 11.5 Å². The topological polar surface area (TPSA) is 29.5 Å². The molecule has 0 unspecified atom stereocenters. The molecule has 66 valence electrons. The van der Waals surface area contributed by atoms with Crippen LogP contribution < -0.4 is 4.74 Å². The van der Waals surface area contributed by atoms with Crippen LogP contribution in [-0.2, 0) is 6.42 Å². The van der Waals surface area contributed by atoms with E-state index in [0.29, 0.717) is 10.6 Å². The third kappa shape index (κ3) is 1.67. The third-order valence-electron chi connectivity index (χ3n) is 1.74. The zero-order chi connectivity index (χ0) is 9.14. The van der Waals surface area contributed by atoms with Crippen LogP contribution in [0.25, 0.3) is 0 Å². The number of hydrogen-bond acceptors (Lipinski definition) is 3. The van der Waals surface area contributed by atoms with E-state index in [4.69, 9.17) is 4.74 Å². The van der Waals surface area contributed by atoms with E-state index in [1.165, 1.54) is 0 Å². The molecule has 1 rings (SSSR count). The van der Waals surface area contributed by atoms with Gasteiger partial charge in [0.05, 0.1) is 7.11 Å². The molecule has 0 fully saturated rings. The molecule has 0 bridgehead atoms. The zero-order valence-electron chi connectivity index (χ0n) is 7.16. The number of phenols is 1. The first-order valence-electron chi connectivity index (χ1n) is 3.77. The van der Waals surface area contributed by atoms with E-state index in [2.05, 4.69) is 12.6 Å². The lowest BCUT2D eigenvalue weighted by atomic mass is 10.1. The van der Waals surface area contributed by atoms with E-state index in [-0.39, 0.29) is 5.75 Å². The van der Waals surface area contributed by atoms with Gasteiger partial charge in [0.15, 0.2) is 0 Å². The van der Waals surface area contributed by atoms with Crippen molar-refractivity contribution in [3.8, 4) is 11.5 Å². The highest BCUT2D eigenvalue weighted by Crippen LogP contribution is 2.31. The maximum atomic E-state index is 9.47. The fourth-order valence-electron chi connectivity index (χ4n) is 1.15. The highest BCUT2D eigenvalue weighted by molar-refractivity contribution is 7.80. The van der Waals surface area contributed by atoms with Crippen molar-refractivity contribution in [3.05, 3.63) is 17.7 Å². The van der Waals surface area contributed by atoms with E-state index in [1.807, 2.05) is 6.92 Å². The number of benzene rings is 1. The van der Waals surface area contributed by atoms with Crippen molar-refractivity contribution < 1.29 is 9.84 Å². The highest BCUT2D eigenvalue weighted by Gasteiger charge is 2.07. The molecule has 0 heterocycles. The van der Waals surface area contributed by atoms with E-state index in [1.54, 1.807) is 19.2 Å². The Labute approximate surface area is 77.6 Å². The van der Waals surface area contributed by atoms with Crippen molar-refractivity contribution in [1.29, 1.82) is 0 Å². The largest absolute Gasteiger partial charge is 0.507 e. The molecule has 0 radical (unpaired) electrons. The molecule has 3 heteroatoms. The normalized spacial score (nSPS) is 9.92. The quantitative estimate of drug-likeness (QED) is 0.690. The van der Waals surface area contributed by atoms with Crippen molar-refractivity contribution in [2.24, 2.45) is 0 Å². The van der Waals surface area contributed by atoms with Crippen molar-refractivity contribution >= 4 is 12.6 Å². The molecule has 1 N–H and O–H groups in total. The minimum atomic E-state index is 0.252. The van der Waals surface area contributed by atoms with Gasteiger partial charge in [-0.3, -0.25) is 0 Å². The number of rotatable bonds is 2. The van der Waals surface area contributed by atoms with Gasteiger partial charge in [-0.25, -0.2) is 0 Å². The molecular weight excluding hydrogens is 172 g/mol. The summed E-state index contributed by atoms with van der Waals surface area (Å²) in [6.45, 7) is 1.97. The summed E-state index contributed by atoms with van der Waals surface area (Å²) in [6.07, 6.45) is 0.753. The Bertz CT molecular complexity index is 284. The van der Waals surface area contributed by atoms with Gasteiger partial charge < -0.3 is 9.84 Å². The second kappa shape index (κ2) is 3.72. The van der Waals surface area contributed by atoms with Crippen LogP contribution in [0.3, 0.4) is 0 Å². The fraction of sp³-hybridized carbons (Fsp3) is 0.333. The third-order valence-corrected chi connectivity index (χ3v) is 2.00. The number of methoxy groups -OCH3 is 1. The van der Waals surface area contributed by atoms with Crippen molar-refractivity contribution in [2.45, 2.75) is 18.2 Å². The molecule has 2 nitrogen and oxygen atoms in total. The number of phenolic OH excluding ortho intramolecular Hbond substituents is 1. The monoisotopic (exact) mass is 184 g/mol. The Morgan fingerprint density at radius 2 is 2.17 bits per heavy atom. The van der Waals surface area contributed by atoms with Crippen molar-refractivity contribution in [3.63, 3.8) is 0 Å². The second-order valence-corrected chi connectivity index (χ2v) is 3.02. The Balaban J connectivity index is 3.24. The minimum Gasteiger partial charge on any atom is -0.507 e. The summed E-state index contributed by atoms with van der Waals surface area (Å²) in [4.78, 5) is 0.710. The maximum Gasteiger partial charge on any atom is 0.126 e. The molecule has 0 aliphatic heterocycles. The molecule has 0 spiro atoms. The molecule has 1 aromatic rings. The lowest BCUT2D eigenvalue weighted by Crippen LogP contribution is -1.91. The number of ether oxygens (including phenoxy) is 1. The number of aromatic hydroxyl groups is 1. The highest BCUT2D eigenvalue weighted by atomic mass is 32.1. The molecule has 0 aliphatic rings. The molecule has 0 aliphatic carbocycles. The van der Waals surface area contributed by atoms with Gasteiger partial charge in [-0.05, 0) is 18.6 Å². The molecule has 0 saturated carbocycles. The van der Waals surface area contributed by atoms with Gasteiger partial charge in [-0.15, -0.1) is 12.6 Å². The molecule has 1 aromatic carbocycles. The molecule has 0 aromatic heterocycles. The minimum absolute atomic E-state index is 0.252. The Kier molecular flexibility index (Phi) is 2.87. The Morgan fingerprint density at radius 3 is 2.67 bits per heavy atom. The number of hydrogen-bond donors (Lipinski definition) is 2. The van der Waals surface area contributed by atoms with Crippen LogP contribution in [0.2, 0.25) is 0 Å². The number of thiol groups is 1. The van der Waals surface area contributed by atoms with Crippen LogP contribution in [0.5, 0.6) is 11.5 Å². The average Bonchev–Trinajstić information content (AvgIpc) is 2.03. The van der Waals surface area contributed by atoms with Gasteiger partial charge in [0.2, 0.25) is 0 Å². The van der Waals surface area contributed by atoms with Gasteiger partial charge in [-0.1, -0.05) is 6.92 Å². The van der Waals surface area contributed by atoms with Crippen LogP contribution in [-0.4, -0.2) is 12.2 Å². The van der Waals surface area contributed by atoms with Gasteiger partial charge >= 0.3 is 0 Å².